The second-order valence-corrected chi connectivity index (χ2v) is 4.42. The zero-order chi connectivity index (χ0) is 11.3. The molecule has 0 aromatic heterocycles. The largest absolute Gasteiger partial charge is 0.396 e. The quantitative estimate of drug-likeness (QED) is 0.602. The molecule has 0 saturated heterocycles. The number of rotatable bonds is 5. The van der Waals surface area contributed by atoms with Crippen molar-refractivity contribution >= 4 is 11.8 Å². The van der Waals surface area contributed by atoms with Crippen molar-refractivity contribution in [2.45, 2.75) is 24.3 Å². The second-order valence-electron chi connectivity index (χ2n) is 3.28. The highest BCUT2D eigenvalue weighted by atomic mass is 32.2. The molecule has 0 bridgehead atoms. The Morgan fingerprint density at radius 1 is 1.47 bits per heavy atom. The number of hydrogen-bond donors (Lipinski definition) is 2. The number of halogens is 1. The van der Waals surface area contributed by atoms with Crippen molar-refractivity contribution in [3.8, 4) is 0 Å². The molecule has 1 aromatic carbocycles. The Morgan fingerprint density at radius 3 is 2.80 bits per heavy atom. The highest BCUT2D eigenvalue weighted by Gasteiger charge is 2.09. The molecule has 0 amide bonds. The Labute approximate surface area is 93.1 Å². The fourth-order valence-corrected chi connectivity index (χ4v) is 2.28. The van der Waals surface area contributed by atoms with Gasteiger partial charge in [0.05, 0.1) is 6.10 Å². The van der Waals surface area contributed by atoms with Gasteiger partial charge in [0, 0.05) is 17.3 Å². The molecule has 1 unspecified atom stereocenters. The minimum absolute atomic E-state index is 0.151. The van der Waals surface area contributed by atoms with Crippen LogP contribution in [0.5, 0.6) is 0 Å². The van der Waals surface area contributed by atoms with Gasteiger partial charge in [0.15, 0.2) is 0 Å². The van der Waals surface area contributed by atoms with Crippen LogP contribution in [0.3, 0.4) is 0 Å². The first-order chi connectivity index (χ1) is 7.15. The molecule has 2 nitrogen and oxygen atoms in total. The Kier molecular flexibility index (Phi) is 5.08. The van der Waals surface area contributed by atoms with Crippen LogP contribution in [0.2, 0.25) is 0 Å². The van der Waals surface area contributed by atoms with E-state index in [1.165, 1.54) is 23.9 Å². The van der Waals surface area contributed by atoms with Crippen molar-refractivity contribution < 1.29 is 14.6 Å². The summed E-state index contributed by atoms with van der Waals surface area (Å²) in [7, 11) is 0. The molecule has 0 saturated carbocycles. The van der Waals surface area contributed by atoms with Gasteiger partial charge in [0.25, 0.3) is 0 Å². The van der Waals surface area contributed by atoms with Crippen LogP contribution in [0.25, 0.3) is 0 Å². The smallest absolute Gasteiger partial charge is 0.123 e. The van der Waals surface area contributed by atoms with Crippen molar-refractivity contribution in [2.75, 3.05) is 12.4 Å². The Balaban J connectivity index is 2.77. The fourth-order valence-electron chi connectivity index (χ4n) is 1.22. The van der Waals surface area contributed by atoms with E-state index >= 15 is 0 Å². The number of benzene rings is 1. The van der Waals surface area contributed by atoms with Gasteiger partial charge in [-0.25, -0.2) is 4.39 Å². The Bertz CT molecular complexity index is 315. The number of thioether (sulfide) groups is 1. The molecule has 0 fully saturated rings. The van der Waals surface area contributed by atoms with Crippen LogP contribution in [-0.4, -0.2) is 22.6 Å². The monoisotopic (exact) mass is 230 g/mol. The van der Waals surface area contributed by atoms with Gasteiger partial charge in [-0.05, 0) is 37.1 Å². The zero-order valence-electron chi connectivity index (χ0n) is 8.61. The molecule has 1 aromatic rings. The summed E-state index contributed by atoms with van der Waals surface area (Å²) in [4.78, 5) is 0.875. The molecule has 0 aliphatic heterocycles. The molecule has 0 aliphatic rings. The van der Waals surface area contributed by atoms with Crippen LogP contribution < -0.4 is 0 Å². The molecule has 0 radical (unpaired) electrons. The third kappa shape index (κ3) is 3.81. The highest BCUT2D eigenvalue weighted by Crippen LogP contribution is 2.28. The minimum Gasteiger partial charge on any atom is -0.396 e. The molecule has 84 valence electrons. The van der Waals surface area contributed by atoms with Gasteiger partial charge in [0.1, 0.15) is 5.82 Å². The SMILES string of the molecule is CC(O)c1cc(F)ccc1SCCCO. The van der Waals surface area contributed by atoms with Crippen LogP contribution in [0.4, 0.5) is 4.39 Å². The Morgan fingerprint density at radius 2 is 2.20 bits per heavy atom. The van der Waals surface area contributed by atoms with E-state index in [0.717, 1.165) is 10.6 Å². The number of aliphatic hydroxyl groups is 2. The zero-order valence-corrected chi connectivity index (χ0v) is 9.43. The van der Waals surface area contributed by atoms with Crippen LogP contribution >= 0.6 is 11.8 Å². The normalized spacial score (nSPS) is 12.8. The predicted octanol–water partition coefficient (Wildman–Crippen LogP) is 2.35. The topological polar surface area (TPSA) is 40.5 Å². The summed E-state index contributed by atoms with van der Waals surface area (Å²) in [6.07, 6.45) is 0.0266. The van der Waals surface area contributed by atoms with E-state index in [4.69, 9.17) is 5.11 Å². The van der Waals surface area contributed by atoms with E-state index in [1.807, 2.05) is 0 Å². The van der Waals surface area contributed by atoms with E-state index < -0.39 is 6.10 Å². The molecule has 2 N–H and O–H groups in total. The Hall–Kier alpha value is -0.580. The molecule has 0 aliphatic carbocycles. The standard InChI is InChI=1S/C11H15FO2S/c1-8(14)10-7-9(12)3-4-11(10)15-6-2-5-13/h3-4,7-8,13-14H,2,5-6H2,1H3. The van der Waals surface area contributed by atoms with Gasteiger partial charge in [0.2, 0.25) is 0 Å². The van der Waals surface area contributed by atoms with Gasteiger partial charge >= 0.3 is 0 Å². The lowest BCUT2D eigenvalue weighted by atomic mass is 10.1. The van der Waals surface area contributed by atoms with Gasteiger partial charge in [-0.1, -0.05) is 0 Å². The van der Waals surface area contributed by atoms with E-state index in [9.17, 15) is 9.50 Å². The summed E-state index contributed by atoms with van der Waals surface area (Å²) >= 11 is 1.52. The van der Waals surface area contributed by atoms with Gasteiger partial charge in [-0.3, -0.25) is 0 Å². The van der Waals surface area contributed by atoms with Crippen molar-refractivity contribution in [2.24, 2.45) is 0 Å². The van der Waals surface area contributed by atoms with E-state index in [2.05, 4.69) is 0 Å². The van der Waals surface area contributed by atoms with E-state index in [0.29, 0.717) is 12.0 Å². The first-order valence-corrected chi connectivity index (χ1v) is 5.85. The van der Waals surface area contributed by atoms with Crippen LogP contribution in [0, 0.1) is 5.82 Å². The van der Waals surface area contributed by atoms with Crippen molar-refractivity contribution in [3.63, 3.8) is 0 Å². The maximum atomic E-state index is 12.9. The van der Waals surface area contributed by atoms with Crippen molar-refractivity contribution in [3.05, 3.63) is 29.6 Å². The molecule has 1 rings (SSSR count). The fraction of sp³-hybridized carbons (Fsp3) is 0.455. The van der Waals surface area contributed by atoms with Crippen LogP contribution in [-0.2, 0) is 0 Å². The lowest BCUT2D eigenvalue weighted by Crippen LogP contribution is -1.96. The van der Waals surface area contributed by atoms with Crippen molar-refractivity contribution in [1.29, 1.82) is 0 Å². The highest BCUT2D eigenvalue weighted by molar-refractivity contribution is 7.99. The summed E-state index contributed by atoms with van der Waals surface area (Å²) in [6, 6.07) is 4.40. The molecular weight excluding hydrogens is 215 g/mol. The summed E-state index contributed by atoms with van der Waals surface area (Å²) < 4.78 is 12.9. The molecule has 0 heterocycles. The summed E-state index contributed by atoms with van der Waals surface area (Å²) in [6.45, 7) is 1.77. The average molecular weight is 230 g/mol. The summed E-state index contributed by atoms with van der Waals surface area (Å²) in [5.74, 6) is 0.430. The molecule has 15 heavy (non-hydrogen) atoms. The lowest BCUT2D eigenvalue weighted by Gasteiger charge is -2.11. The number of aliphatic hydroxyl groups excluding tert-OH is 2. The van der Waals surface area contributed by atoms with Crippen LogP contribution in [0.15, 0.2) is 23.1 Å². The molecule has 0 spiro atoms. The third-order valence-electron chi connectivity index (χ3n) is 1.98. The van der Waals surface area contributed by atoms with Gasteiger partial charge in [-0.15, -0.1) is 11.8 Å². The maximum absolute atomic E-state index is 12.9. The molecule has 4 heteroatoms. The van der Waals surface area contributed by atoms with Gasteiger partial charge in [-0.2, -0.15) is 0 Å². The summed E-state index contributed by atoms with van der Waals surface area (Å²) in [5.41, 5.74) is 0.609. The second kappa shape index (κ2) is 6.10. The lowest BCUT2D eigenvalue weighted by molar-refractivity contribution is 0.196. The minimum atomic E-state index is -0.669. The first-order valence-electron chi connectivity index (χ1n) is 4.86. The van der Waals surface area contributed by atoms with Crippen molar-refractivity contribution in [1.82, 2.24) is 0 Å². The molecular formula is C11H15FO2S. The average Bonchev–Trinajstić information content (AvgIpc) is 2.20. The van der Waals surface area contributed by atoms with Crippen LogP contribution in [0.1, 0.15) is 25.0 Å². The van der Waals surface area contributed by atoms with E-state index in [-0.39, 0.29) is 12.4 Å². The van der Waals surface area contributed by atoms with Gasteiger partial charge < -0.3 is 10.2 Å². The maximum Gasteiger partial charge on any atom is 0.123 e. The third-order valence-corrected chi connectivity index (χ3v) is 3.16. The van der Waals surface area contributed by atoms with E-state index in [1.54, 1.807) is 13.0 Å². The summed E-state index contributed by atoms with van der Waals surface area (Å²) in [5, 5.41) is 18.1. The molecule has 1 atom stereocenters. The first kappa shape index (κ1) is 12.5. The number of hydrogen-bond acceptors (Lipinski definition) is 3. The predicted molar refractivity (Wildman–Crippen MR) is 59.5 cm³/mol.